The zero-order valence-corrected chi connectivity index (χ0v) is 17.0. The Labute approximate surface area is 175 Å². The van der Waals surface area contributed by atoms with Crippen LogP contribution in [-0.2, 0) is 4.79 Å². The number of hydrogen-bond donors (Lipinski definition) is 1. The molecule has 0 fully saturated rings. The molecule has 0 radical (unpaired) electrons. The van der Waals surface area contributed by atoms with Crippen LogP contribution in [0.2, 0.25) is 0 Å². The molecular formula is C23H23N5O2. The first-order valence-electron chi connectivity index (χ1n) is 9.45. The Balaban J connectivity index is 1.88. The topological polar surface area (TPSA) is 84.1 Å². The summed E-state index contributed by atoms with van der Waals surface area (Å²) in [7, 11) is 1.66. The van der Waals surface area contributed by atoms with Crippen molar-refractivity contribution >= 4 is 12.0 Å². The number of benzene rings is 1. The molecule has 152 valence electrons. The zero-order chi connectivity index (χ0) is 21.5. The molecule has 0 aliphatic heterocycles. The number of pyridine rings is 1. The fourth-order valence-corrected chi connectivity index (χ4v) is 2.73. The standard InChI is InChI=1S/C23H23N5O2/c1-17(2)22-12-20(28-15-24-14-25-28)13-23(26-22)19-6-4-5-18(11-19)7-8-21(30)9-10-27(3)16-29/h4-6,11-16,21,30H,1,9-10H2,2-3H3. The summed E-state index contributed by atoms with van der Waals surface area (Å²) in [6.07, 6.45) is 3.43. The van der Waals surface area contributed by atoms with Crippen LogP contribution in [0.4, 0.5) is 0 Å². The molecule has 1 N–H and O–H groups in total. The summed E-state index contributed by atoms with van der Waals surface area (Å²) in [5, 5.41) is 14.2. The summed E-state index contributed by atoms with van der Waals surface area (Å²) < 4.78 is 1.67. The highest BCUT2D eigenvalue weighted by atomic mass is 16.3. The predicted octanol–water partition coefficient (Wildman–Crippen LogP) is 2.55. The Morgan fingerprint density at radius 3 is 2.90 bits per heavy atom. The van der Waals surface area contributed by atoms with Crippen LogP contribution in [0.15, 0.2) is 55.6 Å². The molecule has 1 amide bonds. The first-order valence-corrected chi connectivity index (χ1v) is 9.45. The number of allylic oxidation sites excluding steroid dienone is 1. The summed E-state index contributed by atoms with van der Waals surface area (Å²) in [4.78, 5) is 20.8. The smallest absolute Gasteiger partial charge is 0.209 e. The second kappa shape index (κ2) is 9.63. The van der Waals surface area contributed by atoms with Crippen LogP contribution in [0.1, 0.15) is 24.6 Å². The van der Waals surface area contributed by atoms with E-state index >= 15 is 0 Å². The van der Waals surface area contributed by atoms with Crippen molar-refractivity contribution in [1.29, 1.82) is 0 Å². The van der Waals surface area contributed by atoms with Gasteiger partial charge in [-0.15, -0.1) is 0 Å². The summed E-state index contributed by atoms with van der Waals surface area (Å²) in [5.74, 6) is 5.82. The fraction of sp³-hybridized carbons (Fsp3) is 0.217. The quantitative estimate of drug-likeness (QED) is 0.486. The van der Waals surface area contributed by atoms with Gasteiger partial charge < -0.3 is 10.0 Å². The lowest BCUT2D eigenvalue weighted by Crippen LogP contribution is -2.21. The molecule has 7 nitrogen and oxygen atoms in total. The van der Waals surface area contributed by atoms with Crippen LogP contribution in [0.3, 0.4) is 0 Å². The van der Waals surface area contributed by atoms with Gasteiger partial charge in [-0.2, -0.15) is 5.10 Å². The number of amides is 1. The van der Waals surface area contributed by atoms with E-state index in [2.05, 4.69) is 28.5 Å². The highest BCUT2D eigenvalue weighted by molar-refractivity contribution is 5.69. The molecule has 2 aromatic heterocycles. The van der Waals surface area contributed by atoms with Gasteiger partial charge in [0.05, 0.1) is 17.1 Å². The lowest BCUT2D eigenvalue weighted by Gasteiger charge is -2.10. The van der Waals surface area contributed by atoms with E-state index < -0.39 is 6.10 Å². The minimum Gasteiger partial charge on any atom is -0.380 e. The number of carbonyl (C=O) groups excluding carboxylic acids is 1. The van der Waals surface area contributed by atoms with E-state index in [1.165, 1.54) is 11.2 Å². The summed E-state index contributed by atoms with van der Waals surface area (Å²) in [6.45, 7) is 6.35. The first kappa shape index (κ1) is 21.0. The third kappa shape index (κ3) is 5.40. The number of nitrogens with zero attached hydrogens (tertiary/aromatic N) is 5. The summed E-state index contributed by atoms with van der Waals surface area (Å²) in [5.41, 5.74) is 4.86. The van der Waals surface area contributed by atoms with Crippen LogP contribution in [0.5, 0.6) is 0 Å². The van der Waals surface area contributed by atoms with Gasteiger partial charge in [0.15, 0.2) is 0 Å². The number of hydrogen-bond acceptors (Lipinski definition) is 5. The first-order chi connectivity index (χ1) is 14.5. The third-order valence-corrected chi connectivity index (χ3v) is 4.41. The van der Waals surface area contributed by atoms with Gasteiger partial charge in [-0.05, 0) is 36.8 Å². The van der Waals surface area contributed by atoms with Crippen LogP contribution >= 0.6 is 0 Å². The molecule has 1 unspecified atom stereocenters. The van der Waals surface area contributed by atoms with Crippen molar-refractivity contribution in [3.05, 3.63) is 66.9 Å². The Kier molecular flexibility index (Phi) is 6.73. The molecule has 1 atom stereocenters. The van der Waals surface area contributed by atoms with Gasteiger partial charge in [-0.25, -0.2) is 14.6 Å². The van der Waals surface area contributed by atoms with Gasteiger partial charge in [0.1, 0.15) is 18.8 Å². The maximum Gasteiger partial charge on any atom is 0.209 e. The Hall–Kier alpha value is -3.76. The van der Waals surface area contributed by atoms with Crippen LogP contribution in [0, 0.1) is 11.8 Å². The van der Waals surface area contributed by atoms with Crippen molar-refractivity contribution in [2.45, 2.75) is 19.4 Å². The Bertz CT molecular complexity index is 1100. The number of carbonyl (C=O) groups is 1. The van der Waals surface area contributed by atoms with E-state index in [1.807, 2.05) is 43.3 Å². The van der Waals surface area contributed by atoms with E-state index in [0.29, 0.717) is 13.0 Å². The molecule has 0 saturated carbocycles. The summed E-state index contributed by atoms with van der Waals surface area (Å²) >= 11 is 0. The molecule has 0 saturated heterocycles. The van der Waals surface area contributed by atoms with Crippen LogP contribution in [0.25, 0.3) is 22.5 Å². The lowest BCUT2D eigenvalue weighted by atomic mass is 10.1. The van der Waals surface area contributed by atoms with Gasteiger partial charge in [-0.1, -0.05) is 30.6 Å². The highest BCUT2D eigenvalue weighted by Gasteiger charge is 2.09. The maximum atomic E-state index is 10.6. The number of aliphatic hydroxyl groups excluding tert-OH is 1. The van der Waals surface area contributed by atoms with Crippen molar-refractivity contribution in [3.63, 3.8) is 0 Å². The Morgan fingerprint density at radius 2 is 2.20 bits per heavy atom. The monoisotopic (exact) mass is 401 g/mol. The van der Waals surface area contributed by atoms with Gasteiger partial charge in [0.25, 0.3) is 0 Å². The predicted molar refractivity (Wildman–Crippen MR) is 115 cm³/mol. The SMILES string of the molecule is C=C(C)c1cc(-n2cncn2)cc(-c2cccc(C#CC(O)CCN(C)C=O)c2)n1. The lowest BCUT2D eigenvalue weighted by molar-refractivity contribution is -0.117. The minimum absolute atomic E-state index is 0.394. The van der Waals surface area contributed by atoms with Crippen molar-refractivity contribution in [2.24, 2.45) is 0 Å². The molecule has 3 aromatic rings. The zero-order valence-electron chi connectivity index (χ0n) is 17.0. The molecular weight excluding hydrogens is 378 g/mol. The molecule has 3 rings (SSSR count). The van der Waals surface area contributed by atoms with E-state index in [4.69, 9.17) is 4.98 Å². The van der Waals surface area contributed by atoms with Crippen molar-refractivity contribution in [3.8, 4) is 28.8 Å². The second-order valence-electron chi connectivity index (χ2n) is 6.96. The molecule has 1 aromatic carbocycles. The van der Waals surface area contributed by atoms with Gasteiger partial charge in [-0.3, -0.25) is 4.79 Å². The van der Waals surface area contributed by atoms with E-state index in [-0.39, 0.29) is 0 Å². The maximum absolute atomic E-state index is 10.6. The normalized spacial score (nSPS) is 11.3. The molecule has 0 bridgehead atoms. The third-order valence-electron chi connectivity index (χ3n) is 4.41. The average Bonchev–Trinajstić information content (AvgIpc) is 3.31. The number of aromatic nitrogens is 4. The van der Waals surface area contributed by atoms with Gasteiger partial charge in [0.2, 0.25) is 6.41 Å². The van der Waals surface area contributed by atoms with E-state index in [1.54, 1.807) is 18.1 Å². The fourth-order valence-electron chi connectivity index (χ4n) is 2.73. The molecule has 7 heteroatoms. The number of aliphatic hydroxyl groups is 1. The van der Waals surface area contributed by atoms with Crippen molar-refractivity contribution < 1.29 is 9.90 Å². The van der Waals surface area contributed by atoms with Gasteiger partial charge in [0, 0.05) is 31.1 Å². The van der Waals surface area contributed by atoms with Crippen LogP contribution < -0.4 is 0 Å². The highest BCUT2D eigenvalue weighted by Crippen LogP contribution is 2.24. The minimum atomic E-state index is -0.806. The summed E-state index contributed by atoms with van der Waals surface area (Å²) in [6, 6.07) is 11.5. The Morgan fingerprint density at radius 1 is 1.37 bits per heavy atom. The van der Waals surface area contributed by atoms with Crippen molar-refractivity contribution in [1.82, 2.24) is 24.6 Å². The average molecular weight is 401 g/mol. The van der Waals surface area contributed by atoms with Crippen LogP contribution in [-0.4, -0.2) is 55.9 Å². The van der Waals surface area contributed by atoms with E-state index in [9.17, 15) is 9.90 Å². The second-order valence-corrected chi connectivity index (χ2v) is 6.96. The molecule has 30 heavy (non-hydrogen) atoms. The molecule has 0 aliphatic carbocycles. The molecule has 0 spiro atoms. The molecule has 0 aliphatic rings. The largest absolute Gasteiger partial charge is 0.380 e. The van der Waals surface area contributed by atoms with Crippen molar-refractivity contribution in [2.75, 3.05) is 13.6 Å². The number of rotatable bonds is 7. The molecule has 2 heterocycles. The van der Waals surface area contributed by atoms with E-state index in [0.717, 1.165) is 40.2 Å². The van der Waals surface area contributed by atoms with Gasteiger partial charge >= 0.3 is 0 Å².